The summed E-state index contributed by atoms with van der Waals surface area (Å²) in [6.07, 6.45) is 17.2. The summed E-state index contributed by atoms with van der Waals surface area (Å²) in [5, 5.41) is 41.2. The van der Waals surface area contributed by atoms with E-state index in [1.165, 1.54) is 36.1 Å². The lowest BCUT2D eigenvalue weighted by molar-refractivity contribution is 0.320. The van der Waals surface area contributed by atoms with Crippen LogP contribution >= 0.6 is 11.3 Å². The van der Waals surface area contributed by atoms with E-state index in [-0.39, 0.29) is 63.7 Å². The van der Waals surface area contributed by atoms with E-state index in [4.69, 9.17) is 13.5 Å². The van der Waals surface area contributed by atoms with Gasteiger partial charge in [-0.15, -0.1) is 41.9 Å². The van der Waals surface area contributed by atoms with E-state index in [1.54, 1.807) is 36.4 Å². The van der Waals surface area contributed by atoms with Gasteiger partial charge in [0, 0.05) is 73.0 Å². The lowest BCUT2D eigenvalue weighted by Crippen LogP contribution is -2.19. The van der Waals surface area contributed by atoms with Gasteiger partial charge in [0.2, 0.25) is 24.6 Å². The van der Waals surface area contributed by atoms with Crippen molar-refractivity contribution >= 4 is 17.0 Å². The molecule has 470 valence electrons. The summed E-state index contributed by atoms with van der Waals surface area (Å²) in [6, 6.07) is 5.97. The Hall–Kier alpha value is -6.97. The van der Waals surface area contributed by atoms with Crippen molar-refractivity contribution < 1.29 is 18.0 Å². The maximum Gasteiger partial charge on any atom is 0.231 e. The van der Waals surface area contributed by atoms with Crippen molar-refractivity contribution in [3.8, 4) is 0 Å². The summed E-state index contributed by atoms with van der Waals surface area (Å²) in [4.78, 5) is 20.4. The molecular weight excluding hydrogens is 1080 g/mol. The van der Waals surface area contributed by atoms with Gasteiger partial charge in [-0.25, -0.2) is 4.98 Å². The first-order valence-electron chi connectivity index (χ1n) is 27.3. The van der Waals surface area contributed by atoms with Crippen LogP contribution in [-0.2, 0) is 43.4 Å². The molecule has 0 aliphatic carbocycles. The molecule has 1 aliphatic rings. The molecular formula is C62H107N17O4S. The van der Waals surface area contributed by atoms with Crippen molar-refractivity contribution in [1.29, 1.82) is 0 Å². The summed E-state index contributed by atoms with van der Waals surface area (Å²) >= 11 is 1.66. The Morgan fingerprint density at radius 1 is 0.560 bits per heavy atom. The molecule has 84 heavy (non-hydrogen) atoms. The predicted octanol–water partition coefficient (Wildman–Crippen LogP) is 15.7. The lowest BCUT2D eigenvalue weighted by atomic mass is 9.88. The minimum absolute atomic E-state index is 0. The smallest absolute Gasteiger partial charge is 0.231 e. The number of hydrogen-bond acceptors (Lipinski definition) is 20. The Morgan fingerprint density at radius 3 is 1.39 bits per heavy atom. The molecule has 0 unspecified atom stereocenters. The van der Waals surface area contributed by atoms with Gasteiger partial charge in [-0.05, 0) is 43.9 Å². The number of aromatic nitrogens is 16. The zero-order valence-electron chi connectivity index (χ0n) is 54.6. The number of pyridine rings is 1. The summed E-state index contributed by atoms with van der Waals surface area (Å²) in [7, 11) is 0. The molecule has 9 rings (SSSR count). The van der Waals surface area contributed by atoms with Crippen molar-refractivity contribution in [3.63, 3.8) is 0 Å². The molecule has 21 nitrogen and oxygen atoms in total. The van der Waals surface area contributed by atoms with Gasteiger partial charge in [0.15, 0.2) is 18.0 Å². The van der Waals surface area contributed by atoms with Gasteiger partial charge in [0.25, 0.3) is 0 Å². The third kappa shape index (κ3) is 33.4. The fourth-order valence-corrected chi connectivity index (χ4v) is 6.16. The summed E-state index contributed by atoms with van der Waals surface area (Å²) in [5.41, 5.74) is 6.46. The maximum atomic E-state index is 4.98. The standard InChI is InChI=1S/C9H13N.C8H13N.C7H11NO.C7H11NS.C6H11N3.3C6H10N2O.C5H10N4.2CH4/c1-9(2,3)8-5-4-6-10-7-8;1-8(2,3)7-5-4-6-9-7;1-7(2,3)6-4-5-8-9-6;1-7(2,3)6-4-9-5-8-6;1-6(2,3)9-4-7-8-5-9;1-6(2,3)5-8-7-4-9-5;1-6(2,3)5-7-4-9-8-5;1-6(2,3)5-7-4-8-9-5;1-5(2,3)4-6-8-9-7-4;;/h4-7H,1-3H3;4-5H,6H2,1-3H3;3*4-5H,1-3H3;3*4H,1-3H3;1-3H3,(H,6,7,8,9);2*1H4. The molecule has 8 aromatic rings. The second-order valence-electron chi connectivity index (χ2n) is 28.1. The van der Waals surface area contributed by atoms with Crippen LogP contribution in [0.1, 0.15) is 242 Å². The average molecular weight is 1190 g/mol. The Morgan fingerprint density at radius 2 is 1.17 bits per heavy atom. The number of aromatic amines is 1. The summed E-state index contributed by atoms with van der Waals surface area (Å²) < 4.78 is 21.3. The molecule has 1 aliphatic heterocycles. The minimum Gasteiger partial charge on any atom is -0.427 e. The number of hydrogen-bond donors (Lipinski definition) is 1. The molecule has 0 fully saturated rings. The van der Waals surface area contributed by atoms with Gasteiger partial charge in [0.1, 0.15) is 18.4 Å². The molecule has 0 amide bonds. The fraction of sp³-hybridized carbons (Fsp3) is 0.629. The Bertz CT molecular complexity index is 2400. The van der Waals surface area contributed by atoms with Crippen LogP contribution in [0.15, 0.2) is 115 Å². The van der Waals surface area contributed by atoms with Crippen molar-refractivity contribution in [2.45, 2.75) is 245 Å². The number of tetrazole rings is 1. The number of allylic oxidation sites excluding steroid dienone is 1. The Labute approximate surface area is 508 Å². The van der Waals surface area contributed by atoms with Crippen LogP contribution in [0.3, 0.4) is 0 Å². The normalized spacial score (nSPS) is 12.2. The molecule has 1 N–H and O–H groups in total. The number of aliphatic imine (C=N–C) groups is 1. The highest BCUT2D eigenvalue weighted by Gasteiger charge is 2.22. The van der Waals surface area contributed by atoms with E-state index in [1.807, 2.05) is 111 Å². The predicted molar refractivity (Wildman–Crippen MR) is 340 cm³/mol. The molecule has 9 heterocycles. The number of nitrogens with one attached hydrogen (secondary N) is 1. The first-order valence-corrected chi connectivity index (χ1v) is 28.2. The second-order valence-corrected chi connectivity index (χ2v) is 28.9. The SMILES string of the molecule is C.C.CC(C)(C)C1=NCC=C1.CC(C)(C)c1cccnc1.CC(C)(C)c1ccno1.CC(C)(C)c1cscn1.CC(C)(C)c1ncno1.CC(C)(C)c1ncon1.CC(C)(C)c1nn[nH]n1.CC(C)(C)c1nnco1.CC(C)(C)n1cnnc1. The highest BCUT2D eigenvalue weighted by Crippen LogP contribution is 2.24. The average Bonchev–Trinajstić information content (AvgIpc) is 4.22. The number of H-pyrrole nitrogens is 1. The van der Waals surface area contributed by atoms with Gasteiger partial charge in [-0.3, -0.25) is 9.98 Å². The third-order valence-electron chi connectivity index (χ3n) is 10.6. The lowest BCUT2D eigenvalue weighted by Gasteiger charge is -2.18. The third-order valence-corrected chi connectivity index (χ3v) is 11.1. The highest BCUT2D eigenvalue weighted by molar-refractivity contribution is 7.07. The number of nitrogens with zero attached hydrogens (tertiary/aromatic N) is 16. The quantitative estimate of drug-likeness (QED) is 0.148. The molecule has 22 heteroatoms. The molecule has 0 saturated carbocycles. The van der Waals surface area contributed by atoms with E-state index in [0.29, 0.717) is 11.8 Å². The molecule has 0 bridgehead atoms. The fourth-order valence-electron chi connectivity index (χ4n) is 5.38. The number of thiazole rings is 1. The minimum atomic E-state index is -0.0174. The van der Waals surface area contributed by atoms with Crippen LogP contribution in [0.4, 0.5) is 0 Å². The van der Waals surface area contributed by atoms with Gasteiger partial charge in [0.05, 0.1) is 23.9 Å². The van der Waals surface area contributed by atoms with E-state index in [2.05, 4.69) is 213 Å². The van der Waals surface area contributed by atoms with Gasteiger partial charge >= 0.3 is 0 Å². The van der Waals surface area contributed by atoms with Crippen LogP contribution < -0.4 is 0 Å². The van der Waals surface area contributed by atoms with Crippen LogP contribution in [0.5, 0.6) is 0 Å². The molecule has 0 atom stereocenters. The van der Waals surface area contributed by atoms with Crippen molar-refractivity contribution in [3.05, 3.63) is 132 Å². The zero-order chi connectivity index (χ0) is 62.9. The van der Waals surface area contributed by atoms with Crippen molar-refractivity contribution in [2.75, 3.05) is 6.54 Å². The topological polar surface area (TPSA) is 266 Å². The van der Waals surface area contributed by atoms with E-state index in [9.17, 15) is 0 Å². The monoisotopic (exact) mass is 1190 g/mol. The first kappa shape index (κ1) is 79.1. The van der Waals surface area contributed by atoms with Crippen LogP contribution in [0.25, 0.3) is 0 Å². The summed E-state index contributed by atoms with van der Waals surface area (Å²) in [5.74, 6) is 3.80. The number of rotatable bonds is 0. The van der Waals surface area contributed by atoms with Crippen LogP contribution in [0, 0.1) is 5.41 Å². The molecule has 0 saturated heterocycles. The Kier molecular flexibility index (Phi) is 32.7. The molecule has 0 aromatic carbocycles. The van der Waals surface area contributed by atoms with Crippen LogP contribution in [-0.4, -0.2) is 93.2 Å². The Balaban J connectivity index is 0. The van der Waals surface area contributed by atoms with E-state index in [0.717, 1.165) is 24.0 Å². The first-order chi connectivity index (χ1) is 37.4. The van der Waals surface area contributed by atoms with Gasteiger partial charge in [-0.2, -0.15) is 15.2 Å². The maximum absolute atomic E-state index is 4.98. The largest absolute Gasteiger partial charge is 0.427 e. The van der Waals surface area contributed by atoms with E-state index >= 15 is 0 Å². The molecule has 8 aromatic heterocycles. The molecule has 0 spiro atoms. The van der Waals surface area contributed by atoms with Gasteiger partial charge < -0.3 is 22.6 Å². The van der Waals surface area contributed by atoms with E-state index < -0.39 is 0 Å². The van der Waals surface area contributed by atoms with Crippen molar-refractivity contribution in [2.24, 2.45) is 10.4 Å². The van der Waals surface area contributed by atoms with Gasteiger partial charge in [-0.1, -0.05) is 214 Å². The van der Waals surface area contributed by atoms with Crippen LogP contribution in [0.2, 0.25) is 0 Å². The molecule has 0 radical (unpaired) electrons. The zero-order valence-corrected chi connectivity index (χ0v) is 55.4. The van der Waals surface area contributed by atoms with Crippen molar-refractivity contribution in [1.82, 2.24) is 81.0 Å². The summed E-state index contributed by atoms with van der Waals surface area (Å²) in [6.45, 7) is 57.5. The second kappa shape index (κ2) is 34.7. The highest BCUT2D eigenvalue weighted by atomic mass is 32.1.